The molecule has 0 fully saturated rings. The molecule has 1 atom stereocenters. The Hall–Kier alpha value is -0.880. The zero-order chi connectivity index (χ0) is 12.0. The molecule has 0 aromatic carbocycles. The van der Waals surface area contributed by atoms with Gasteiger partial charge in [0, 0.05) is 11.8 Å². The van der Waals surface area contributed by atoms with E-state index in [9.17, 15) is 4.39 Å². The second-order valence-electron chi connectivity index (χ2n) is 3.38. The molecule has 0 amide bonds. The number of nitrogens with one attached hydrogen (secondary N) is 1. The number of aromatic nitrogens is 2. The van der Waals surface area contributed by atoms with Gasteiger partial charge in [0.25, 0.3) is 0 Å². The smallest absolute Gasteiger partial charge is 0.223 e. The molecule has 0 aliphatic rings. The highest BCUT2D eigenvalue weighted by atomic mass is 32.2. The van der Waals surface area contributed by atoms with Gasteiger partial charge < -0.3 is 10.4 Å². The summed E-state index contributed by atoms with van der Waals surface area (Å²) in [4.78, 5) is 7.89. The van der Waals surface area contributed by atoms with Gasteiger partial charge >= 0.3 is 0 Å². The molecular weight excluding hydrogens is 229 g/mol. The van der Waals surface area contributed by atoms with Crippen LogP contribution in [0.3, 0.4) is 0 Å². The fourth-order valence-corrected chi connectivity index (χ4v) is 1.74. The van der Waals surface area contributed by atoms with E-state index in [4.69, 9.17) is 5.11 Å². The van der Waals surface area contributed by atoms with Gasteiger partial charge in [-0.2, -0.15) is 0 Å². The average molecular weight is 245 g/mol. The maximum atomic E-state index is 13.3. The summed E-state index contributed by atoms with van der Waals surface area (Å²) in [5.74, 6) is -0.0248. The van der Waals surface area contributed by atoms with E-state index in [1.165, 1.54) is 11.8 Å². The van der Waals surface area contributed by atoms with Crippen LogP contribution in [0.25, 0.3) is 0 Å². The summed E-state index contributed by atoms with van der Waals surface area (Å²) in [7, 11) is 0. The van der Waals surface area contributed by atoms with Crippen LogP contribution in [0.15, 0.2) is 11.2 Å². The Balaban J connectivity index is 2.73. The largest absolute Gasteiger partial charge is 0.395 e. The summed E-state index contributed by atoms with van der Waals surface area (Å²) < 4.78 is 13.3. The molecule has 6 heteroatoms. The number of hydrogen-bond acceptors (Lipinski definition) is 5. The molecule has 1 rings (SSSR count). The highest BCUT2D eigenvalue weighted by Gasteiger charge is 2.11. The minimum Gasteiger partial charge on any atom is -0.395 e. The summed E-state index contributed by atoms with van der Waals surface area (Å²) in [6.45, 7) is 4.59. The van der Waals surface area contributed by atoms with E-state index in [-0.39, 0.29) is 16.9 Å². The van der Waals surface area contributed by atoms with Gasteiger partial charge in [0.1, 0.15) is 5.03 Å². The van der Waals surface area contributed by atoms with Crippen LogP contribution in [-0.4, -0.2) is 33.5 Å². The summed E-state index contributed by atoms with van der Waals surface area (Å²) in [6, 6.07) is 0. The zero-order valence-corrected chi connectivity index (χ0v) is 10.2. The van der Waals surface area contributed by atoms with Crippen LogP contribution in [-0.2, 0) is 0 Å². The Morgan fingerprint density at radius 3 is 3.00 bits per heavy atom. The highest BCUT2D eigenvalue weighted by molar-refractivity contribution is 7.99. The van der Waals surface area contributed by atoms with Crippen LogP contribution < -0.4 is 5.32 Å². The number of thioether (sulfide) groups is 1. The van der Waals surface area contributed by atoms with Gasteiger partial charge in [-0.25, -0.2) is 14.4 Å². The van der Waals surface area contributed by atoms with Gasteiger partial charge in [0.05, 0.1) is 12.8 Å². The van der Waals surface area contributed by atoms with Crippen molar-refractivity contribution in [2.45, 2.75) is 30.5 Å². The third-order valence-electron chi connectivity index (χ3n) is 1.81. The van der Waals surface area contributed by atoms with E-state index >= 15 is 0 Å². The standard InChI is InChI=1S/C10H16FN3OS/c1-3-4-12-10-13-5-8(11)9(14-10)16-7(2)6-15/h5,7,15H,3-4,6H2,1-2H3,(H,12,13,14). The number of anilines is 1. The van der Waals surface area contributed by atoms with Crippen LogP contribution in [0.4, 0.5) is 10.3 Å². The molecule has 4 nitrogen and oxygen atoms in total. The molecule has 1 aromatic heterocycles. The van der Waals surface area contributed by atoms with E-state index in [2.05, 4.69) is 15.3 Å². The van der Waals surface area contributed by atoms with Crippen LogP contribution in [0, 0.1) is 5.82 Å². The van der Waals surface area contributed by atoms with Gasteiger partial charge in [-0.05, 0) is 6.42 Å². The van der Waals surface area contributed by atoms with Crippen LogP contribution in [0.5, 0.6) is 0 Å². The van der Waals surface area contributed by atoms with Crippen LogP contribution in [0.2, 0.25) is 0 Å². The summed E-state index contributed by atoms with van der Waals surface area (Å²) in [5, 5.41) is 12.1. The van der Waals surface area contributed by atoms with Crippen molar-refractivity contribution in [3.63, 3.8) is 0 Å². The Morgan fingerprint density at radius 2 is 2.38 bits per heavy atom. The van der Waals surface area contributed by atoms with Crippen molar-refractivity contribution in [1.29, 1.82) is 0 Å². The Labute approximate surface area is 98.7 Å². The molecular formula is C10H16FN3OS. The molecule has 0 bridgehead atoms. The minimum absolute atomic E-state index is 0.00810. The predicted octanol–water partition coefficient (Wildman–Crippen LogP) is 1.91. The maximum absolute atomic E-state index is 13.3. The van der Waals surface area contributed by atoms with Crippen LogP contribution >= 0.6 is 11.8 Å². The molecule has 1 unspecified atom stereocenters. The lowest BCUT2D eigenvalue weighted by Crippen LogP contribution is -2.08. The molecule has 0 radical (unpaired) electrons. The summed E-state index contributed by atoms with van der Waals surface area (Å²) in [6.07, 6.45) is 2.10. The van der Waals surface area contributed by atoms with Crippen molar-refractivity contribution in [2.75, 3.05) is 18.5 Å². The maximum Gasteiger partial charge on any atom is 0.223 e. The first-order chi connectivity index (χ1) is 7.67. The monoisotopic (exact) mass is 245 g/mol. The molecule has 0 aliphatic heterocycles. The minimum atomic E-state index is -0.452. The first kappa shape index (κ1) is 13.2. The van der Waals surface area contributed by atoms with Gasteiger partial charge in [-0.1, -0.05) is 25.6 Å². The van der Waals surface area contributed by atoms with Crippen molar-refractivity contribution in [3.8, 4) is 0 Å². The summed E-state index contributed by atoms with van der Waals surface area (Å²) in [5.41, 5.74) is 0. The third-order valence-corrected chi connectivity index (χ3v) is 2.88. The lowest BCUT2D eigenvalue weighted by molar-refractivity contribution is 0.300. The first-order valence-corrected chi connectivity index (χ1v) is 6.09. The SMILES string of the molecule is CCCNc1ncc(F)c(SC(C)CO)n1. The molecule has 16 heavy (non-hydrogen) atoms. The number of halogens is 1. The second kappa shape index (κ2) is 6.65. The lowest BCUT2D eigenvalue weighted by Gasteiger charge is -2.09. The zero-order valence-electron chi connectivity index (χ0n) is 9.40. The molecule has 0 saturated heterocycles. The van der Waals surface area contributed by atoms with Crippen molar-refractivity contribution < 1.29 is 9.50 Å². The van der Waals surface area contributed by atoms with Gasteiger partial charge in [-0.15, -0.1) is 0 Å². The molecule has 1 aromatic rings. The molecule has 90 valence electrons. The highest BCUT2D eigenvalue weighted by Crippen LogP contribution is 2.24. The predicted molar refractivity (Wildman–Crippen MR) is 63.2 cm³/mol. The number of aliphatic hydroxyl groups excluding tert-OH is 1. The number of rotatable bonds is 6. The number of aliphatic hydroxyl groups is 1. The fourth-order valence-electron chi connectivity index (χ4n) is 0.984. The second-order valence-corrected chi connectivity index (χ2v) is 4.81. The van der Waals surface area contributed by atoms with E-state index in [1.54, 1.807) is 0 Å². The van der Waals surface area contributed by atoms with E-state index < -0.39 is 5.82 Å². The quantitative estimate of drug-likeness (QED) is 0.592. The van der Waals surface area contributed by atoms with Crippen LogP contribution in [0.1, 0.15) is 20.3 Å². The molecule has 0 aliphatic carbocycles. The first-order valence-electron chi connectivity index (χ1n) is 5.21. The normalized spacial score (nSPS) is 12.5. The Kier molecular flexibility index (Phi) is 5.48. The van der Waals surface area contributed by atoms with Crippen molar-refractivity contribution in [3.05, 3.63) is 12.0 Å². The topological polar surface area (TPSA) is 58.0 Å². The van der Waals surface area contributed by atoms with E-state index in [1.807, 2.05) is 13.8 Å². The number of nitrogens with zero attached hydrogens (tertiary/aromatic N) is 2. The molecule has 0 saturated carbocycles. The summed E-state index contributed by atoms with van der Waals surface area (Å²) >= 11 is 1.20. The van der Waals surface area contributed by atoms with Gasteiger partial charge in [0.15, 0.2) is 5.82 Å². The Morgan fingerprint density at radius 1 is 1.62 bits per heavy atom. The fraction of sp³-hybridized carbons (Fsp3) is 0.600. The lowest BCUT2D eigenvalue weighted by atomic mass is 10.5. The van der Waals surface area contributed by atoms with E-state index in [0.717, 1.165) is 19.2 Å². The van der Waals surface area contributed by atoms with Gasteiger partial charge in [-0.3, -0.25) is 0 Å². The molecule has 0 spiro atoms. The third kappa shape index (κ3) is 3.94. The molecule has 2 N–H and O–H groups in total. The van der Waals surface area contributed by atoms with Crippen molar-refractivity contribution in [1.82, 2.24) is 9.97 Å². The molecule has 1 heterocycles. The Bertz CT molecular complexity index is 338. The van der Waals surface area contributed by atoms with Gasteiger partial charge in [0.2, 0.25) is 5.95 Å². The van der Waals surface area contributed by atoms with Crippen molar-refractivity contribution in [2.24, 2.45) is 0 Å². The van der Waals surface area contributed by atoms with E-state index in [0.29, 0.717) is 5.95 Å². The van der Waals surface area contributed by atoms with Crippen molar-refractivity contribution >= 4 is 17.7 Å². The number of hydrogen-bond donors (Lipinski definition) is 2. The average Bonchev–Trinajstić information content (AvgIpc) is 2.30.